The molecule has 1 atom stereocenters. The van der Waals surface area contributed by atoms with Gasteiger partial charge in [0, 0.05) is 12.7 Å². The zero-order valence-corrected chi connectivity index (χ0v) is 22.9. The summed E-state index contributed by atoms with van der Waals surface area (Å²) in [6.45, 7) is 0. The molecule has 1 aliphatic rings. The number of fused-ring (bicyclic) bond motifs is 3. The molecule has 0 aliphatic carbocycles. The summed E-state index contributed by atoms with van der Waals surface area (Å²) in [7, 11) is -7.02. The van der Waals surface area contributed by atoms with Gasteiger partial charge >= 0.3 is 29.6 Å². The topological polar surface area (TPSA) is 169 Å². The molecule has 0 amide bonds. The summed E-state index contributed by atoms with van der Waals surface area (Å²) in [5.41, 5.74) is 6.66. The summed E-state index contributed by atoms with van der Waals surface area (Å²) >= 11 is 0. The van der Waals surface area contributed by atoms with E-state index in [1.54, 1.807) is 42.3 Å². The van der Waals surface area contributed by atoms with Crippen LogP contribution in [0.2, 0.25) is 0 Å². The summed E-state index contributed by atoms with van der Waals surface area (Å²) in [4.78, 5) is 12.0. The van der Waals surface area contributed by atoms with E-state index in [1.807, 2.05) is 0 Å². The van der Waals surface area contributed by atoms with Gasteiger partial charge in [-0.1, -0.05) is 23.9 Å². The van der Waals surface area contributed by atoms with E-state index in [0.717, 1.165) is 6.07 Å². The van der Waals surface area contributed by atoms with Crippen molar-refractivity contribution >= 4 is 67.3 Å². The minimum absolute atomic E-state index is 0. The molecule has 0 saturated heterocycles. The van der Waals surface area contributed by atoms with Crippen molar-refractivity contribution < 1.29 is 57.1 Å². The van der Waals surface area contributed by atoms with Crippen molar-refractivity contribution in [2.75, 3.05) is 17.7 Å². The third-order valence-electron chi connectivity index (χ3n) is 5.82. The summed E-state index contributed by atoms with van der Waals surface area (Å²) in [6, 6.07) is 16.6. The number of anilines is 3. The van der Waals surface area contributed by atoms with Crippen LogP contribution in [0.15, 0.2) is 81.9 Å². The van der Waals surface area contributed by atoms with Crippen molar-refractivity contribution in [3.05, 3.63) is 66.7 Å². The van der Waals surface area contributed by atoms with Crippen molar-refractivity contribution in [2.24, 2.45) is 10.2 Å². The molecule has 178 valence electrons. The van der Waals surface area contributed by atoms with Crippen molar-refractivity contribution in [3.8, 4) is 5.75 Å². The Bertz CT molecular complexity index is 1730. The molecule has 0 bridgehead atoms. The first-order chi connectivity index (χ1) is 16.5. The van der Waals surface area contributed by atoms with Gasteiger partial charge in [-0.2, -0.15) is 13.5 Å². The Morgan fingerprint density at radius 1 is 0.972 bits per heavy atom. The van der Waals surface area contributed by atoms with Crippen LogP contribution >= 0.6 is 7.37 Å². The molecule has 10 nitrogen and oxygen atoms in total. The second kappa shape index (κ2) is 9.28. The molecule has 0 aromatic heterocycles. The molecule has 13 heteroatoms. The fourth-order valence-electron chi connectivity index (χ4n) is 4.12. The van der Waals surface area contributed by atoms with Crippen LogP contribution in [0.3, 0.4) is 0 Å². The van der Waals surface area contributed by atoms with Crippen molar-refractivity contribution in [2.45, 2.75) is 4.90 Å². The number of rotatable bonds is 3. The zero-order valence-electron chi connectivity index (χ0n) is 19.2. The van der Waals surface area contributed by atoms with Gasteiger partial charge in [-0.05, 0) is 59.3 Å². The van der Waals surface area contributed by atoms with E-state index in [-0.39, 0.29) is 56.6 Å². The van der Waals surface area contributed by atoms with E-state index in [2.05, 4.69) is 10.2 Å². The molecule has 0 spiro atoms. The number of hydrogen-bond donors (Lipinski definition) is 3. The Morgan fingerprint density at radius 3 is 2.39 bits per heavy atom. The van der Waals surface area contributed by atoms with Crippen LogP contribution < -0.4 is 55.9 Å². The predicted octanol–water partition coefficient (Wildman–Crippen LogP) is 0.464. The molecule has 1 aliphatic heterocycles. The number of para-hydroxylation sites is 1. The van der Waals surface area contributed by atoms with Crippen LogP contribution in [-0.4, -0.2) is 24.9 Å². The Morgan fingerprint density at radius 2 is 1.67 bits per heavy atom. The van der Waals surface area contributed by atoms with Gasteiger partial charge < -0.3 is 20.6 Å². The Balaban J connectivity index is 0.00000304. The largest absolute Gasteiger partial charge is 1.00 e. The number of nitrogen functional groups attached to an aromatic ring is 1. The van der Waals surface area contributed by atoms with Crippen molar-refractivity contribution in [3.63, 3.8) is 0 Å². The number of nitrogens with two attached hydrogens (primary N) is 1. The monoisotopic (exact) mass is 532 g/mol. The van der Waals surface area contributed by atoms with Gasteiger partial charge in [-0.3, -0.25) is 9.12 Å². The van der Waals surface area contributed by atoms with Crippen LogP contribution in [0, 0.1) is 0 Å². The average Bonchev–Trinajstić information content (AvgIpc) is 2.81. The Labute approximate surface area is 228 Å². The third-order valence-corrected chi connectivity index (χ3v) is 8.72. The second-order valence-corrected chi connectivity index (χ2v) is 11.5. The second-order valence-electron chi connectivity index (χ2n) is 8.00. The van der Waals surface area contributed by atoms with Gasteiger partial charge in [0.25, 0.3) is 17.5 Å². The molecule has 4 aromatic carbocycles. The predicted molar refractivity (Wildman–Crippen MR) is 132 cm³/mol. The smallest absolute Gasteiger partial charge is 0.871 e. The first-order valence-corrected chi connectivity index (χ1v) is 13.3. The van der Waals surface area contributed by atoms with Gasteiger partial charge in [0.2, 0.25) is 0 Å². The minimum Gasteiger partial charge on any atom is -0.871 e. The quantitative estimate of drug-likeness (QED) is 0.112. The molecular formula is C23H18N4NaO6PS. The van der Waals surface area contributed by atoms with Gasteiger partial charge in [0.15, 0.2) is 0 Å². The standard InChI is InChI=1S/C23H19N4O6PS.Na/c1-27-17-4-2-3-5-19(17)34(29,30)20-12-15(7-9-18(20)27)25-26-22-21(35(31,32)33)11-13-10-14(24)6-8-16(13)23(22)28;/h2-12,28H,24H2,1H3,(H,29,30)(H,31,32,33);/q;+1/p-1. The first kappa shape index (κ1) is 26.3. The maximum atomic E-state index is 13.3. The Kier molecular flexibility index (Phi) is 6.78. The Hall–Kier alpha value is -2.76. The maximum absolute atomic E-state index is 13.3. The summed E-state index contributed by atoms with van der Waals surface area (Å²) in [6.07, 6.45) is 0. The number of hydrogen-bond acceptors (Lipinski definition) is 8. The van der Waals surface area contributed by atoms with E-state index in [9.17, 15) is 27.5 Å². The first-order valence-electron chi connectivity index (χ1n) is 10.2. The van der Waals surface area contributed by atoms with Crippen LogP contribution in [0.1, 0.15) is 0 Å². The van der Waals surface area contributed by atoms with Gasteiger partial charge in [-0.25, -0.2) is 0 Å². The number of azo groups is 1. The maximum Gasteiger partial charge on any atom is 1.00 e. The summed E-state index contributed by atoms with van der Waals surface area (Å²) in [5, 5.41) is 21.5. The fourth-order valence-corrected chi connectivity index (χ4v) is 6.70. The van der Waals surface area contributed by atoms with Crippen molar-refractivity contribution in [1.82, 2.24) is 0 Å². The van der Waals surface area contributed by atoms with E-state index in [4.69, 9.17) is 5.73 Å². The molecule has 36 heavy (non-hydrogen) atoms. The minimum atomic E-state index is -4.82. The molecule has 0 fully saturated rings. The van der Waals surface area contributed by atoms with E-state index in [1.165, 1.54) is 30.3 Å². The van der Waals surface area contributed by atoms with Gasteiger partial charge in [0.1, 0.15) is 4.90 Å². The zero-order chi connectivity index (χ0) is 25.1. The summed E-state index contributed by atoms with van der Waals surface area (Å²) in [5.74, 6) is -0.765. The summed E-state index contributed by atoms with van der Waals surface area (Å²) < 4.78 is 47.0. The number of nitrogens with zero attached hydrogens (tertiary/aromatic N) is 3. The van der Waals surface area contributed by atoms with Gasteiger partial charge in [-0.15, -0.1) is 5.11 Å². The van der Waals surface area contributed by atoms with E-state index < -0.39 is 33.8 Å². The molecule has 4 N–H and O–H groups in total. The van der Waals surface area contributed by atoms with Crippen LogP contribution in [-0.2, 0) is 14.7 Å². The van der Waals surface area contributed by atoms with Gasteiger partial charge in [0.05, 0.1) is 33.4 Å². The van der Waals surface area contributed by atoms with Crippen molar-refractivity contribution in [1.29, 1.82) is 0 Å². The van der Waals surface area contributed by atoms with Crippen LogP contribution in [0.5, 0.6) is 5.75 Å². The normalized spacial score (nSPS) is 17.0. The SMILES string of the molecule is CN1c2ccccc2P(=O)(O)c2cc(N=Nc3c(S(=O)(=O)O)cc4cc(N)ccc4c3[O-])ccc21.[Na+]. The molecule has 4 aromatic rings. The molecule has 0 radical (unpaired) electrons. The van der Waals surface area contributed by atoms with Crippen LogP contribution in [0.4, 0.5) is 28.4 Å². The molecule has 0 saturated carbocycles. The molecule has 5 rings (SSSR count). The average molecular weight is 532 g/mol. The van der Waals surface area contributed by atoms with Crippen LogP contribution in [0.25, 0.3) is 10.8 Å². The molecular weight excluding hydrogens is 514 g/mol. The van der Waals surface area contributed by atoms with E-state index in [0.29, 0.717) is 17.1 Å². The third kappa shape index (κ3) is 4.33. The molecule has 1 unspecified atom stereocenters. The molecule has 1 heterocycles. The van der Waals surface area contributed by atoms with E-state index >= 15 is 0 Å². The fraction of sp³-hybridized carbons (Fsp3) is 0.0435. The number of benzene rings is 4.